The monoisotopic (exact) mass is 390 g/mol. The lowest BCUT2D eigenvalue weighted by Crippen LogP contribution is -2.28. The molecule has 3 rings (SSSR count). The molecule has 1 aliphatic rings. The summed E-state index contributed by atoms with van der Waals surface area (Å²) in [5, 5.41) is 0. The van der Waals surface area contributed by atoms with E-state index >= 15 is 0 Å². The van der Waals surface area contributed by atoms with Crippen molar-refractivity contribution in [3.63, 3.8) is 0 Å². The van der Waals surface area contributed by atoms with Gasteiger partial charge in [0.2, 0.25) is 10.0 Å². The lowest BCUT2D eigenvalue weighted by molar-refractivity contribution is 0.0995. The minimum absolute atomic E-state index is 0.0400. The fourth-order valence-corrected chi connectivity index (χ4v) is 4.53. The molecule has 7 nitrogen and oxygen atoms in total. The second kappa shape index (κ2) is 7.98. The van der Waals surface area contributed by atoms with Gasteiger partial charge in [0.25, 0.3) is 5.91 Å². The summed E-state index contributed by atoms with van der Waals surface area (Å²) >= 11 is 0. The van der Waals surface area contributed by atoms with Crippen LogP contribution in [0.15, 0.2) is 47.4 Å². The summed E-state index contributed by atoms with van der Waals surface area (Å²) in [6, 6.07) is 11.5. The highest BCUT2D eigenvalue weighted by atomic mass is 32.2. The first-order valence-electron chi connectivity index (χ1n) is 8.61. The van der Waals surface area contributed by atoms with Crippen LogP contribution < -0.4 is 15.2 Å². The fourth-order valence-electron chi connectivity index (χ4n) is 2.99. The first kappa shape index (κ1) is 19.2. The first-order chi connectivity index (χ1) is 12.9. The topological polar surface area (TPSA) is 98.9 Å². The third-order valence-electron chi connectivity index (χ3n) is 4.45. The van der Waals surface area contributed by atoms with E-state index in [0.29, 0.717) is 18.8 Å². The molecular weight excluding hydrogens is 368 g/mol. The Balaban J connectivity index is 1.84. The molecule has 1 aliphatic heterocycles. The molecule has 8 heteroatoms. The van der Waals surface area contributed by atoms with Crippen LogP contribution in [0.1, 0.15) is 28.8 Å². The number of carbonyl (C=O) groups is 1. The highest BCUT2D eigenvalue weighted by Crippen LogP contribution is 2.27. The van der Waals surface area contributed by atoms with Gasteiger partial charge in [-0.2, -0.15) is 4.31 Å². The molecule has 0 aliphatic carbocycles. The third-order valence-corrected chi connectivity index (χ3v) is 6.34. The smallest absolute Gasteiger partial charge is 0.252 e. The van der Waals surface area contributed by atoms with E-state index in [2.05, 4.69) is 0 Å². The van der Waals surface area contributed by atoms with Crippen molar-refractivity contribution in [3.05, 3.63) is 53.6 Å². The van der Waals surface area contributed by atoms with Gasteiger partial charge in [-0.15, -0.1) is 0 Å². The van der Waals surface area contributed by atoms with Crippen molar-refractivity contribution in [2.45, 2.75) is 24.3 Å². The maximum absolute atomic E-state index is 12.7. The highest BCUT2D eigenvalue weighted by Gasteiger charge is 2.28. The van der Waals surface area contributed by atoms with Crippen LogP contribution in [0.5, 0.6) is 11.5 Å². The molecule has 1 amide bonds. The molecule has 0 spiro atoms. The average molecular weight is 390 g/mol. The number of methoxy groups -OCH3 is 1. The van der Waals surface area contributed by atoms with E-state index in [4.69, 9.17) is 15.2 Å². The molecule has 1 fully saturated rings. The molecule has 0 saturated carbocycles. The summed E-state index contributed by atoms with van der Waals surface area (Å²) in [4.78, 5) is 11.9. The Morgan fingerprint density at radius 3 is 2.56 bits per heavy atom. The Bertz CT molecular complexity index is 937. The van der Waals surface area contributed by atoms with Crippen molar-refractivity contribution in [2.24, 2.45) is 5.73 Å². The van der Waals surface area contributed by atoms with Gasteiger partial charge >= 0.3 is 0 Å². The van der Waals surface area contributed by atoms with E-state index in [-0.39, 0.29) is 22.8 Å². The second-order valence-corrected chi connectivity index (χ2v) is 8.21. The van der Waals surface area contributed by atoms with E-state index in [1.54, 1.807) is 7.11 Å². The van der Waals surface area contributed by atoms with Crippen molar-refractivity contribution in [3.8, 4) is 11.5 Å². The maximum Gasteiger partial charge on any atom is 0.252 e. The van der Waals surface area contributed by atoms with Crippen molar-refractivity contribution < 1.29 is 22.7 Å². The molecule has 2 aromatic carbocycles. The quantitative estimate of drug-likeness (QED) is 0.781. The van der Waals surface area contributed by atoms with Crippen LogP contribution in [0.2, 0.25) is 0 Å². The van der Waals surface area contributed by atoms with E-state index in [9.17, 15) is 13.2 Å². The largest absolute Gasteiger partial charge is 0.497 e. The molecule has 27 heavy (non-hydrogen) atoms. The van der Waals surface area contributed by atoms with Gasteiger partial charge in [-0.25, -0.2) is 8.42 Å². The van der Waals surface area contributed by atoms with Crippen LogP contribution in [0, 0.1) is 0 Å². The van der Waals surface area contributed by atoms with Crippen molar-refractivity contribution >= 4 is 15.9 Å². The van der Waals surface area contributed by atoms with Gasteiger partial charge in [0, 0.05) is 13.1 Å². The zero-order chi connectivity index (χ0) is 19.4. The Kier molecular flexibility index (Phi) is 5.67. The van der Waals surface area contributed by atoms with Crippen molar-refractivity contribution in [2.75, 3.05) is 20.2 Å². The SMILES string of the molecule is COc1cccc(COc2ccc(S(=O)(=O)N3CCCC3)cc2C(N)=O)c1. The molecule has 2 N–H and O–H groups in total. The van der Waals surface area contributed by atoms with Gasteiger partial charge < -0.3 is 15.2 Å². The molecule has 0 radical (unpaired) electrons. The molecule has 1 heterocycles. The fraction of sp³-hybridized carbons (Fsp3) is 0.316. The molecule has 0 atom stereocenters. The average Bonchev–Trinajstić information content (AvgIpc) is 3.22. The van der Waals surface area contributed by atoms with Gasteiger partial charge in [-0.1, -0.05) is 12.1 Å². The van der Waals surface area contributed by atoms with Crippen LogP contribution in [-0.2, 0) is 16.6 Å². The number of nitrogens with two attached hydrogens (primary N) is 1. The number of carbonyl (C=O) groups excluding carboxylic acids is 1. The van der Waals surface area contributed by atoms with Crippen LogP contribution in [0.3, 0.4) is 0 Å². The molecule has 0 unspecified atom stereocenters. The van der Waals surface area contributed by atoms with Crippen LogP contribution >= 0.6 is 0 Å². The number of rotatable bonds is 7. The van der Waals surface area contributed by atoms with Gasteiger partial charge in [-0.05, 0) is 48.7 Å². The van der Waals surface area contributed by atoms with Crippen LogP contribution in [0.4, 0.5) is 0 Å². The normalized spacial score (nSPS) is 14.9. The first-order valence-corrected chi connectivity index (χ1v) is 10.1. The van der Waals surface area contributed by atoms with E-state index in [1.165, 1.54) is 22.5 Å². The van der Waals surface area contributed by atoms with E-state index in [1.807, 2.05) is 24.3 Å². The Hall–Kier alpha value is -2.58. The van der Waals surface area contributed by atoms with Gasteiger partial charge in [-0.3, -0.25) is 4.79 Å². The summed E-state index contributed by atoms with van der Waals surface area (Å²) in [5.74, 6) is 0.193. The minimum Gasteiger partial charge on any atom is -0.497 e. The van der Waals surface area contributed by atoms with Gasteiger partial charge in [0.15, 0.2) is 0 Å². The second-order valence-electron chi connectivity index (χ2n) is 6.27. The molecular formula is C19H22N2O5S. The number of ether oxygens (including phenoxy) is 2. The third kappa shape index (κ3) is 4.23. The lowest BCUT2D eigenvalue weighted by Gasteiger charge is -2.17. The van der Waals surface area contributed by atoms with E-state index in [0.717, 1.165) is 18.4 Å². The number of hydrogen-bond donors (Lipinski definition) is 1. The predicted molar refractivity (Wildman–Crippen MR) is 100 cm³/mol. The standard InChI is InChI=1S/C19H22N2O5S/c1-25-15-6-4-5-14(11-15)13-26-18-8-7-16(12-17(18)19(20)22)27(23,24)21-9-2-3-10-21/h4-8,11-12H,2-3,9-10,13H2,1H3,(H2,20,22). The van der Waals surface area contributed by atoms with Crippen molar-refractivity contribution in [1.29, 1.82) is 0 Å². The predicted octanol–water partition coefficient (Wildman–Crippen LogP) is 2.16. The maximum atomic E-state index is 12.7. The Morgan fingerprint density at radius 1 is 1.15 bits per heavy atom. The van der Waals surface area contributed by atoms with Crippen LogP contribution in [-0.4, -0.2) is 38.8 Å². The summed E-state index contributed by atoms with van der Waals surface area (Å²) < 4.78 is 37.7. The molecule has 144 valence electrons. The number of sulfonamides is 1. The van der Waals surface area contributed by atoms with Crippen molar-refractivity contribution in [1.82, 2.24) is 4.31 Å². The Morgan fingerprint density at radius 2 is 1.89 bits per heavy atom. The molecule has 0 aromatic heterocycles. The minimum atomic E-state index is -3.63. The summed E-state index contributed by atoms with van der Waals surface area (Å²) in [6.45, 7) is 1.17. The number of nitrogens with zero attached hydrogens (tertiary/aromatic N) is 1. The number of benzene rings is 2. The zero-order valence-electron chi connectivity index (χ0n) is 15.1. The number of primary amides is 1. The molecule has 0 bridgehead atoms. The number of hydrogen-bond acceptors (Lipinski definition) is 5. The molecule has 2 aromatic rings. The Labute approximate surface area is 158 Å². The summed E-state index contributed by atoms with van der Waals surface area (Å²) in [7, 11) is -2.06. The highest BCUT2D eigenvalue weighted by molar-refractivity contribution is 7.89. The van der Waals surface area contributed by atoms with Gasteiger partial charge in [0.1, 0.15) is 18.1 Å². The van der Waals surface area contributed by atoms with Gasteiger partial charge in [0.05, 0.1) is 17.6 Å². The van der Waals surface area contributed by atoms with Crippen LogP contribution in [0.25, 0.3) is 0 Å². The number of amides is 1. The lowest BCUT2D eigenvalue weighted by atomic mass is 10.2. The summed E-state index contributed by atoms with van der Waals surface area (Å²) in [6.07, 6.45) is 1.67. The summed E-state index contributed by atoms with van der Waals surface area (Å²) in [5.41, 5.74) is 6.33. The van der Waals surface area contributed by atoms with E-state index < -0.39 is 15.9 Å². The zero-order valence-corrected chi connectivity index (χ0v) is 15.9. The molecule has 1 saturated heterocycles.